The van der Waals surface area contributed by atoms with Crippen LogP contribution in [0.4, 0.5) is 0 Å². The lowest BCUT2D eigenvalue weighted by atomic mass is 9.97. The predicted molar refractivity (Wildman–Crippen MR) is 80.3 cm³/mol. The van der Waals surface area contributed by atoms with Gasteiger partial charge in [-0.25, -0.2) is 0 Å². The minimum Gasteiger partial charge on any atom is -0.387 e. The lowest BCUT2D eigenvalue weighted by molar-refractivity contribution is 0.0656. The van der Waals surface area contributed by atoms with Gasteiger partial charge in [-0.3, -0.25) is 0 Å². The maximum Gasteiger partial charge on any atom is 0.0916 e. The minimum atomic E-state index is -0.416. The van der Waals surface area contributed by atoms with Crippen molar-refractivity contribution in [2.45, 2.75) is 25.5 Å². The van der Waals surface area contributed by atoms with Crippen LogP contribution in [0.2, 0.25) is 0 Å². The number of methoxy groups -OCH3 is 1. The van der Waals surface area contributed by atoms with E-state index in [1.54, 1.807) is 7.11 Å². The first-order valence-electron chi connectivity index (χ1n) is 7.41. The summed E-state index contributed by atoms with van der Waals surface area (Å²) in [6, 6.07) is 7.93. The second kappa shape index (κ2) is 7.74. The van der Waals surface area contributed by atoms with E-state index in [2.05, 4.69) is 4.90 Å². The van der Waals surface area contributed by atoms with Crippen LogP contribution in [0.3, 0.4) is 0 Å². The normalized spacial score (nSPS) is 19.1. The molecule has 1 aromatic carbocycles. The van der Waals surface area contributed by atoms with Crippen molar-refractivity contribution in [3.05, 3.63) is 35.4 Å². The topological polar surface area (TPSA) is 58.7 Å². The maximum absolute atomic E-state index is 10.3. The molecule has 1 fully saturated rings. The summed E-state index contributed by atoms with van der Waals surface area (Å²) in [5.41, 5.74) is 7.65. The molecule has 1 unspecified atom stereocenters. The zero-order valence-electron chi connectivity index (χ0n) is 12.3. The van der Waals surface area contributed by atoms with Gasteiger partial charge < -0.3 is 20.5 Å². The van der Waals surface area contributed by atoms with E-state index in [-0.39, 0.29) is 0 Å². The van der Waals surface area contributed by atoms with Gasteiger partial charge in [0.25, 0.3) is 0 Å². The molecule has 0 aliphatic carbocycles. The highest BCUT2D eigenvalue weighted by Crippen LogP contribution is 2.21. The molecule has 20 heavy (non-hydrogen) atoms. The van der Waals surface area contributed by atoms with Crippen molar-refractivity contribution in [2.75, 3.05) is 33.4 Å². The van der Waals surface area contributed by atoms with Crippen LogP contribution in [0.1, 0.15) is 30.1 Å². The number of benzene rings is 1. The molecule has 2 rings (SSSR count). The molecule has 0 bridgehead atoms. The van der Waals surface area contributed by atoms with E-state index in [1.807, 2.05) is 24.3 Å². The fraction of sp³-hybridized carbons (Fsp3) is 0.625. The molecule has 0 amide bonds. The molecule has 1 aromatic rings. The lowest BCUT2D eigenvalue weighted by Gasteiger charge is -2.32. The van der Waals surface area contributed by atoms with Gasteiger partial charge in [0.05, 0.1) is 6.10 Å². The van der Waals surface area contributed by atoms with E-state index < -0.39 is 6.10 Å². The fourth-order valence-electron chi connectivity index (χ4n) is 2.80. The monoisotopic (exact) mass is 278 g/mol. The molecule has 4 heteroatoms. The lowest BCUT2D eigenvalue weighted by Crippen LogP contribution is -2.37. The molecule has 4 nitrogen and oxygen atoms in total. The van der Waals surface area contributed by atoms with Gasteiger partial charge >= 0.3 is 0 Å². The summed E-state index contributed by atoms with van der Waals surface area (Å²) < 4.78 is 5.21. The summed E-state index contributed by atoms with van der Waals surface area (Å²) in [5.74, 6) is 0.678. The first kappa shape index (κ1) is 15.4. The number of nitrogens with two attached hydrogens (primary N) is 1. The fourth-order valence-corrected chi connectivity index (χ4v) is 2.80. The number of rotatable bonds is 6. The van der Waals surface area contributed by atoms with E-state index >= 15 is 0 Å². The minimum absolute atomic E-state index is 0.416. The molecule has 1 saturated heterocycles. The van der Waals surface area contributed by atoms with Crippen LogP contribution in [-0.2, 0) is 11.3 Å². The molecule has 1 aliphatic rings. The molecule has 0 aromatic heterocycles. The first-order valence-corrected chi connectivity index (χ1v) is 7.41. The van der Waals surface area contributed by atoms with Crippen LogP contribution < -0.4 is 5.73 Å². The van der Waals surface area contributed by atoms with Crippen molar-refractivity contribution in [1.82, 2.24) is 4.90 Å². The molecule has 0 spiro atoms. The Morgan fingerprint density at radius 3 is 2.50 bits per heavy atom. The number of piperidine rings is 1. The molecule has 0 radical (unpaired) electrons. The Bertz CT molecular complexity index is 386. The molecule has 1 atom stereocenters. The summed E-state index contributed by atoms with van der Waals surface area (Å²) in [7, 11) is 1.77. The van der Waals surface area contributed by atoms with Crippen LogP contribution >= 0.6 is 0 Å². The van der Waals surface area contributed by atoms with Gasteiger partial charge in [-0.1, -0.05) is 24.3 Å². The second-order valence-electron chi connectivity index (χ2n) is 5.66. The third kappa shape index (κ3) is 4.28. The van der Waals surface area contributed by atoms with E-state index in [4.69, 9.17) is 10.5 Å². The maximum atomic E-state index is 10.3. The molecule has 3 N–H and O–H groups in total. The second-order valence-corrected chi connectivity index (χ2v) is 5.66. The number of β-amino-alcohol motifs (C(OH)–C–C–N with tert-alkyl or cyclic N) is 1. The van der Waals surface area contributed by atoms with Crippen LogP contribution in [0, 0.1) is 5.92 Å². The zero-order chi connectivity index (χ0) is 14.4. The van der Waals surface area contributed by atoms with Crippen molar-refractivity contribution >= 4 is 0 Å². The molecule has 0 saturated carbocycles. The van der Waals surface area contributed by atoms with Crippen LogP contribution in [0.5, 0.6) is 0 Å². The SMILES string of the molecule is COCC1CCN(CC(O)c2ccc(CN)cc2)CC1. The third-order valence-corrected chi connectivity index (χ3v) is 4.14. The van der Waals surface area contributed by atoms with Crippen LogP contribution in [0.25, 0.3) is 0 Å². The average Bonchev–Trinajstić information content (AvgIpc) is 2.49. The van der Waals surface area contributed by atoms with E-state index in [0.29, 0.717) is 19.0 Å². The quantitative estimate of drug-likeness (QED) is 0.828. The first-order chi connectivity index (χ1) is 9.72. The number of ether oxygens (including phenoxy) is 1. The zero-order valence-corrected chi connectivity index (χ0v) is 12.3. The van der Waals surface area contributed by atoms with E-state index in [9.17, 15) is 5.11 Å². The summed E-state index contributed by atoms with van der Waals surface area (Å²) in [5, 5.41) is 10.3. The van der Waals surface area contributed by atoms with E-state index in [0.717, 1.165) is 43.7 Å². The Labute approximate surface area is 121 Å². The Morgan fingerprint density at radius 1 is 1.30 bits per heavy atom. The standard InChI is InChI=1S/C16H26N2O2/c1-20-12-14-6-8-18(9-7-14)11-16(19)15-4-2-13(10-17)3-5-15/h2-5,14,16,19H,6-12,17H2,1H3. The molecular weight excluding hydrogens is 252 g/mol. The number of aliphatic hydroxyl groups is 1. The van der Waals surface area contributed by atoms with Crippen molar-refractivity contribution in [1.29, 1.82) is 0 Å². The average molecular weight is 278 g/mol. The van der Waals surface area contributed by atoms with E-state index in [1.165, 1.54) is 0 Å². The Kier molecular flexibility index (Phi) is 5.98. The Morgan fingerprint density at radius 2 is 1.95 bits per heavy atom. The molecule has 1 heterocycles. The van der Waals surface area contributed by atoms with Gasteiger partial charge in [-0.15, -0.1) is 0 Å². The van der Waals surface area contributed by atoms with Gasteiger partial charge in [0.2, 0.25) is 0 Å². The Hall–Kier alpha value is -0.940. The van der Waals surface area contributed by atoms with Crippen LogP contribution in [-0.4, -0.2) is 43.4 Å². The summed E-state index contributed by atoms with van der Waals surface area (Å²) in [6.07, 6.45) is 1.90. The third-order valence-electron chi connectivity index (χ3n) is 4.14. The summed E-state index contributed by atoms with van der Waals surface area (Å²) in [6.45, 7) is 4.21. The number of hydrogen-bond acceptors (Lipinski definition) is 4. The van der Waals surface area contributed by atoms with Gasteiger partial charge in [-0.2, -0.15) is 0 Å². The van der Waals surface area contributed by atoms with Crippen molar-refractivity contribution in [3.63, 3.8) is 0 Å². The van der Waals surface area contributed by atoms with Crippen molar-refractivity contribution < 1.29 is 9.84 Å². The largest absolute Gasteiger partial charge is 0.387 e. The van der Waals surface area contributed by atoms with Crippen molar-refractivity contribution in [2.24, 2.45) is 11.7 Å². The molecule has 1 aliphatic heterocycles. The van der Waals surface area contributed by atoms with Gasteiger partial charge in [-0.05, 0) is 43.0 Å². The highest BCUT2D eigenvalue weighted by Gasteiger charge is 2.21. The highest BCUT2D eigenvalue weighted by molar-refractivity contribution is 5.24. The summed E-state index contributed by atoms with van der Waals surface area (Å²) in [4.78, 5) is 2.34. The number of nitrogens with zero attached hydrogens (tertiary/aromatic N) is 1. The number of likely N-dealkylation sites (tertiary alicyclic amines) is 1. The predicted octanol–water partition coefficient (Wildman–Crippen LogP) is 1.54. The smallest absolute Gasteiger partial charge is 0.0916 e. The molecule has 112 valence electrons. The Balaban J connectivity index is 1.81. The van der Waals surface area contributed by atoms with Crippen molar-refractivity contribution in [3.8, 4) is 0 Å². The summed E-state index contributed by atoms with van der Waals surface area (Å²) >= 11 is 0. The van der Waals surface area contributed by atoms with Gasteiger partial charge in [0.15, 0.2) is 0 Å². The highest BCUT2D eigenvalue weighted by atomic mass is 16.5. The van der Waals surface area contributed by atoms with Gasteiger partial charge in [0.1, 0.15) is 0 Å². The number of aliphatic hydroxyl groups excluding tert-OH is 1. The van der Waals surface area contributed by atoms with Crippen LogP contribution in [0.15, 0.2) is 24.3 Å². The van der Waals surface area contributed by atoms with Gasteiger partial charge in [0, 0.05) is 26.8 Å². The number of hydrogen-bond donors (Lipinski definition) is 2. The molecular formula is C16H26N2O2.